The molecule has 0 fully saturated rings. The van der Waals surface area contributed by atoms with E-state index in [1.807, 2.05) is 0 Å². The molecule has 1 aliphatic rings. The van der Waals surface area contributed by atoms with Crippen molar-refractivity contribution in [1.82, 2.24) is 0 Å². The molecule has 1 aliphatic heterocycles. The zero-order valence-electron chi connectivity index (χ0n) is 11.0. The van der Waals surface area contributed by atoms with Gasteiger partial charge in [-0.15, -0.1) is 0 Å². The molecule has 1 aromatic rings. The number of methoxy groups -OCH3 is 2. The van der Waals surface area contributed by atoms with Crippen molar-refractivity contribution in [3.63, 3.8) is 0 Å². The first-order valence-electron chi connectivity index (χ1n) is 5.71. The Morgan fingerprint density at radius 2 is 2.16 bits per heavy atom. The van der Waals surface area contributed by atoms with Gasteiger partial charge < -0.3 is 19.4 Å². The van der Waals surface area contributed by atoms with Crippen LogP contribution in [0.15, 0.2) is 23.4 Å². The van der Waals surface area contributed by atoms with Gasteiger partial charge in [0.1, 0.15) is 0 Å². The minimum absolute atomic E-state index is 0.172. The molecule has 102 valence electrons. The predicted molar refractivity (Wildman–Crippen MR) is 67.8 cm³/mol. The number of para-hydroxylation sites is 1. The molecular formula is C13H15NO5. The summed E-state index contributed by atoms with van der Waals surface area (Å²) in [7, 11) is 3.06. The summed E-state index contributed by atoms with van der Waals surface area (Å²) in [5.74, 6) is 0.0294. The van der Waals surface area contributed by atoms with E-state index < -0.39 is 11.6 Å². The molecule has 0 radical (unpaired) electrons. The van der Waals surface area contributed by atoms with E-state index in [9.17, 15) is 4.79 Å². The number of carboxylic acid groups (broad SMARTS) is 1. The molecule has 19 heavy (non-hydrogen) atoms. The number of oxime groups is 1. The van der Waals surface area contributed by atoms with Crippen molar-refractivity contribution < 1.29 is 24.2 Å². The highest BCUT2D eigenvalue weighted by Gasteiger charge is 2.43. The summed E-state index contributed by atoms with van der Waals surface area (Å²) < 4.78 is 10.5. The van der Waals surface area contributed by atoms with Crippen molar-refractivity contribution in [2.24, 2.45) is 5.16 Å². The Morgan fingerprint density at radius 3 is 2.68 bits per heavy atom. The van der Waals surface area contributed by atoms with Crippen LogP contribution in [0.4, 0.5) is 0 Å². The first-order chi connectivity index (χ1) is 9.01. The molecule has 0 aromatic heterocycles. The molecule has 0 saturated carbocycles. The Labute approximate surface area is 110 Å². The van der Waals surface area contributed by atoms with Gasteiger partial charge in [0.05, 0.1) is 19.9 Å². The Morgan fingerprint density at radius 1 is 1.42 bits per heavy atom. The smallest absolute Gasteiger partial charge is 0.351 e. The molecule has 0 bridgehead atoms. The molecule has 2 rings (SSSR count). The first kappa shape index (κ1) is 13.2. The molecule has 6 heteroatoms. The average Bonchev–Trinajstić information content (AvgIpc) is 2.81. The van der Waals surface area contributed by atoms with Gasteiger partial charge in [-0.2, -0.15) is 0 Å². The van der Waals surface area contributed by atoms with E-state index in [1.165, 1.54) is 21.1 Å². The van der Waals surface area contributed by atoms with Crippen LogP contribution < -0.4 is 9.47 Å². The zero-order valence-corrected chi connectivity index (χ0v) is 11.0. The van der Waals surface area contributed by atoms with Crippen LogP contribution in [0.1, 0.15) is 18.9 Å². The maximum absolute atomic E-state index is 11.1. The fourth-order valence-electron chi connectivity index (χ4n) is 1.91. The highest BCUT2D eigenvalue weighted by molar-refractivity contribution is 6.06. The lowest BCUT2D eigenvalue weighted by Gasteiger charge is -2.15. The Hall–Kier alpha value is -2.24. The van der Waals surface area contributed by atoms with E-state index in [2.05, 4.69) is 5.16 Å². The molecule has 6 nitrogen and oxygen atoms in total. The van der Waals surface area contributed by atoms with Crippen molar-refractivity contribution in [2.75, 3.05) is 14.2 Å². The Kier molecular flexibility index (Phi) is 3.33. The number of rotatable bonds is 4. The van der Waals surface area contributed by atoms with Crippen LogP contribution in [0, 0.1) is 0 Å². The van der Waals surface area contributed by atoms with E-state index >= 15 is 0 Å². The molecule has 0 aliphatic carbocycles. The molecule has 1 aromatic carbocycles. The minimum Gasteiger partial charge on any atom is -0.493 e. The fourth-order valence-corrected chi connectivity index (χ4v) is 1.91. The van der Waals surface area contributed by atoms with Gasteiger partial charge in [-0.05, 0) is 19.1 Å². The maximum Gasteiger partial charge on any atom is 0.351 e. The second-order valence-electron chi connectivity index (χ2n) is 4.38. The highest BCUT2D eigenvalue weighted by atomic mass is 16.7. The normalized spacial score (nSPS) is 21.5. The van der Waals surface area contributed by atoms with Gasteiger partial charge in [-0.3, -0.25) is 0 Å². The van der Waals surface area contributed by atoms with Gasteiger partial charge in [0.15, 0.2) is 11.5 Å². The SMILES string of the molecule is COc1cccc(C2=NO[C@](C)(C(=O)O)C2)c1OC. The molecule has 1 atom stereocenters. The molecule has 1 N–H and O–H groups in total. The van der Waals surface area contributed by atoms with Gasteiger partial charge in [0.2, 0.25) is 5.60 Å². The molecule has 0 unspecified atom stereocenters. The van der Waals surface area contributed by atoms with Crippen molar-refractivity contribution in [2.45, 2.75) is 18.9 Å². The summed E-state index contributed by atoms with van der Waals surface area (Å²) in [6.45, 7) is 1.48. The molecule has 1 heterocycles. The molecular weight excluding hydrogens is 250 g/mol. The average molecular weight is 265 g/mol. The second-order valence-corrected chi connectivity index (χ2v) is 4.38. The second kappa shape index (κ2) is 4.79. The van der Waals surface area contributed by atoms with Crippen molar-refractivity contribution in [1.29, 1.82) is 0 Å². The maximum atomic E-state index is 11.1. The zero-order chi connectivity index (χ0) is 14.0. The Balaban J connectivity index is 2.37. The number of carboxylic acids is 1. The standard InChI is InChI=1S/C13H15NO5/c1-13(12(15)16)7-9(14-19-13)8-5-4-6-10(17-2)11(8)18-3/h4-6H,7H2,1-3H3,(H,15,16)/t13-/m0/s1. The van der Waals surface area contributed by atoms with Crippen LogP contribution in [-0.4, -0.2) is 36.6 Å². The number of hydrogen-bond acceptors (Lipinski definition) is 5. The third kappa shape index (κ3) is 2.21. The van der Waals surface area contributed by atoms with Crippen LogP contribution in [0.2, 0.25) is 0 Å². The van der Waals surface area contributed by atoms with E-state index in [4.69, 9.17) is 19.4 Å². The Bertz CT molecular complexity index is 540. The highest BCUT2D eigenvalue weighted by Crippen LogP contribution is 2.35. The van der Waals surface area contributed by atoms with E-state index in [-0.39, 0.29) is 6.42 Å². The number of aliphatic carboxylic acids is 1. The van der Waals surface area contributed by atoms with Crippen molar-refractivity contribution in [3.05, 3.63) is 23.8 Å². The van der Waals surface area contributed by atoms with E-state index in [0.29, 0.717) is 22.8 Å². The minimum atomic E-state index is -1.33. The number of benzene rings is 1. The monoisotopic (exact) mass is 265 g/mol. The van der Waals surface area contributed by atoms with Gasteiger partial charge in [0, 0.05) is 12.0 Å². The van der Waals surface area contributed by atoms with E-state index in [0.717, 1.165) is 0 Å². The van der Waals surface area contributed by atoms with Crippen LogP contribution in [0.25, 0.3) is 0 Å². The van der Waals surface area contributed by atoms with Gasteiger partial charge in [-0.1, -0.05) is 11.2 Å². The fraction of sp³-hybridized carbons (Fsp3) is 0.385. The molecule has 0 spiro atoms. The predicted octanol–water partition coefficient (Wildman–Crippen LogP) is 1.67. The molecule has 0 saturated heterocycles. The van der Waals surface area contributed by atoms with Gasteiger partial charge in [0.25, 0.3) is 0 Å². The number of ether oxygens (including phenoxy) is 2. The van der Waals surface area contributed by atoms with Crippen LogP contribution in [0.5, 0.6) is 11.5 Å². The summed E-state index contributed by atoms with van der Waals surface area (Å²) in [6, 6.07) is 5.34. The van der Waals surface area contributed by atoms with Crippen LogP contribution in [-0.2, 0) is 9.63 Å². The van der Waals surface area contributed by atoms with Crippen LogP contribution >= 0.6 is 0 Å². The summed E-state index contributed by atoms with van der Waals surface area (Å²) >= 11 is 0. The van der Waals surface area contributed by atoms with Gasteiger partial charge >= 0.3 is 5.97 Å². The van der Waals surface area contributed by atoms with Crippen molar-refractivity contribution >= 4 is 11.7 Å². The largest absolute Gasteiger partial charge is 0.493 e. The lowest BCUT2D eigenvalue weighted by molar-refractivity contribution is -0.160. The third-order valence-corrected chi connectivity index (χ3v) is 3.03. The lowest BCUT2D eigenvalue weighted by atomic mass is 9.95. The van der Waals surface area contributed by atoms with Gasteiger partial charge in [-0.25, -0.2) is 4.79 Å². The summed E-state index contributed by atoms with van der Waals surface area (Å²) in [4.78, 5) is 16.2. The summed E-state index contributed by atoms with van der Waals surface area (Å²) in [6.07, 6.45) is 0.172. The number of carbonyl (C=O) groups is 1. The third-order valence-electron chi connectivity index (χ3n) is 3.03. The molecule has 0 amide bonds. The number of hydrogen-bond donors (Lipinski definition) is 1. The summed E-state index contributed by atoms with van der Waals surface area (Å²) in [5.41, 5.74) is -0.129. The van der Waals surface area contributed by atoms with Crippen molar-refractivity contribution in [3.8, 4) is 11.5 Å². The topological polar surface area (TPSA) is 77.4 Å². The lowest BCUT2D eigenvalue weighted by Crippen LogP contribution is -2.35. The summed E-state index contributed by atoms with van der Waals surface area (Å²) in [5, 5.41) is 13.0. The van der Waals surface area contributed by atoms with Crippen LogP contribution in [0.3, 0.4) is 0 Å². The first-order valence-corrected chi connectivity index (χ1v) is 5.71. The quantitative estimate of drug-likeness (QED) is 0.896. The van der Waals surface area contributed by atoms with E-state index in [1.54, 1.807) is 18.2 Å². The number of nitrogens with zero attached hydrogens (tertiary/aromatic N) is 1.